The Balaban J connectivity index is 3.13. The summed E-state index contributed by atoms with van der Waals surface area (Å²) in [6, 6.07) is 0. The van der Waals surface area contributed by atoms with E-state index in [9.17, 15) is 15.0 Å². The van der Waals surface area contributed by atoms with Crippen molar-refractivity contribution in [3.8, 4) is 0 Å². The van der Waals surface area contributed by atoms with Crippen LogP contribution in [0.3, 0.4) is 0 Å². The summed E-state index contributed by atoms with van der Waals surface area (Å²) in [5.74, 6) is -1.32. The molecule has 1 aliphatic carbocycles. The number of carboxylic acid groups (broad SMARTS) is 1. The van der Waals surface area contributed by atoms with Gasteiger partial charge in [0, 0.05) is 5.92 Å². The van der Waals surface area contributed by atoms with Crippen LogP contribution >= 0.6 is 0 Å². The summed E-state index contributed by atoms with van der Waals surface area (Å²) >= 11 is 0. The second-order valence-corrected chi connectivity index (χ2v) is 4.11. The standard InChI is InChI=1S/C11H16O4/c1-6-4-9(12)7(2)8(3)11(6,15)5-10(13)14/h4,8,12,15H,5H2,1-3H3,(H,13,14). The first-order chi connectivity index (χ1) is 6.79. The molecule has 0 aliphatic heterocycles. The van der Waals surface area contributed by atoms with E-state index in [0.717, 1.165) is 0 Å². The molecular formula is C11H16O4. The molecule has 4 nitrogen and oxygen atoms in total. The van der Waals surface area contributed by atoms with Gasteiger partial charge in [-0.25, -0.2) is 0 Å². The predicted octanol–water partition coefficient (Wildman–Crippen LogP) is 1.62. The average molecular weight is 212 g/mol. The first kappa shape index (κ1) is 11.8. The summed E-state index contributed by atoms with van der Waals surface area (Å²) in [4.78, 5) is 10.7. The van der Waals surface area contributed by atoms with E-state index in [4.69, 9.17) is 5.11 Å². The molecule has 0 fully saturated rings. The number of aliphatic carboxylic acids is 1. The lowest BCUT2D eigenvalue weighted by Gasteiger charge is -2.37. The van der Waals surface area contributed by atoms with Crippen molar-refractivity contribution < 1.29 is 20.1 Å². The van der Waals surface area contributed by atoms with E-state index in [0.29, 0.717) is 11.1 Å². The van der Waals surface area contributed by atoms with Crippen LogP contribution in [0.4, 0.5) is 0 Å². The third kappa shape index (κ3) is 1.90. The van der Waals surface area contributed by atoms with Gasteiger partial charge in [-0.1, -0.05) is 6.92 Å². The average Bonchev–Trinajstić information content (AvgIpc) is 2.11. The van der Waals surface area contributed by atoms with Crippen LogP contribution in [0, 0.1) is 5.92 Å². The SMILES string of the molecule is CC1=CC(O)=C(C)C(C)C1(O)CC(=O)O. The molecule has 0 aromatic heterocycles. The van der Waals surface area contributed by atoms with Gasteiger partial charge in [-0.2, -0.15) is 0 Å². The van der Waals surface area contributed by atoms with Crippen LogP contribution in [-0.4, -0.2) is 26.9 Å². The predicted molar refractivity (Wildman–Crippen MR) is 55.5 cm³/mol. The smallest absolute Gasteiger partial charge is 0.306 e. The summed E-state index contributed by atoms with van der Waals surface area (Å²) < 4.78 is 0. The maximum atomic E-state index is 10.7. The van der Waals surface area contributed by atoms with Crippen molar-refractivity contribution in [2.24, 2.45) is 5.92 Å². The van der Waals surface area contributed by atoms with Gasteiger partial charge < -0.3 is 15.3 Å². The molecule has 3 N–H and O–H groups in total. The van der Waals surface area contributed by atoms with Crippen molar-refractivity contribution >= 4 is 5.97 Å². The summed E-state index contributed by atoms with van der Waals surface area (Å²) in [7, 11) is 0. The van der Waals surface area contributed by atoms with Crippen molar-refractivity contribution in [1.82, 2.24) is 0 Å². The largest absolute Gasteiger partial charge is 0.508 e. The highest BCUT2D eigenvalue weighted by atomic mass is 16.4. The fraction of sp³-hybridized carbons (Fsp3) is 0.545. The molecule has 2 unspecified atom stereocenters. The van der Waals surface area contributed by atoms with Crippen LogP contribution in [0.15, 0.2) is 23.0 Å². The van der Waals surface area contributed by atoms with E-state index in [1.165, 1.54) is 6.08 Å². The minimum absolute atomic E-state index is 0.120. The van der Waals surface area contributed by atoms with Gasteiger partial charge in [0.1, 0.15) is 11.4 Å². The molecule has 84 valence electrons. The molecular weight excluding hydrogens is 196 g/mol. The zero-order valence-electron chi connectivity index (χ0n) is 9.11. The molecule has 0 spiro atoms. The van der Waals surface area contributed by atoms with Crippen LogP contribution in [0.2, 0.25) is 0 Å². The minimum atomic E-state index is -1.39. The Labute approximate surface area is 88.5 Å². The highest BCUT2D eigenvalue weighted by Crippen LogP contribution is 2.39. The Bertz CT molecular complexity index is 354. The van der Waals surface area contributed by atoms with Gasteiger partial charge in [0.25, 0.3) is 0 Å². The topological polar surface area (TPSA) is 77.8 Å². The molecule has 0 saturated carbocycles. The summed E-state index contributed by atoms with van der Waals surface area (Å²) in [6.45, 7) is 5.03. The molecule has 0 aromatic rings. The van der Waals surface area contributed by atoms with Gasteiger partial charge in [-0.15, -0.1) is 0 Å². The van der Waals surface area contributed by atoms with Gasteiger partial charge in [0.15, 0.2) is 0 Å². The van der Waals surface area contributed by atoms with Crippen molar-refractivity contribution in [2.45, 2.75) is 32.8 Å². The van der Waals surface area contributed by atoms with Gasteiger partial charge in [0.2, 0.25) is 0 Å². The Morgan fingerprint density at radius 1 is 1.53 bits per heavy atom. The molecule has 2 atom stereocenters. The second-order valence-electron chi connectivity index (χ2n) is 4.11. The highest BCUT2D eigenvalue weighted by Gasteiger charge is 2.41. The van der Waals surface area contributed by atoms with Gasteiger partial charge >= 0.3 is 5.97 Å². The highest BCUT2D eigenvalue weighted by molar-refractivity contribution is 5.69. The summed E-state index contributed by atoms with van der Waals surface area (Å²) in [6.07, 6.45) is 1.08. The van der Waals surface area contributed by atoms with E-state index in [1.54, 1.807) is 20.8 Å². The molecule has 0 heterocycles. The summed E-state index contributed by atoms with van der Waals surface area (Å²) in [5, 5.41) is 28.6. The van der Waals surface area contributed by atoms with E-state index in [2.05, 4.69) is 0 Å². The van der Waals surface area contributed by atoms with E-state index in [1.807, 2.05) is 0 Å². The van der Waals surface area contributed by atoms with Gasteiger partial charge in [0.05, 0.1) is 6.42 Å². The molecule has 0 saturated heterocycles. The molecule has 1 aliphatic rings. The Morgan fingerprint density at radius 2 is 2.07 bits per heavy atom. The van der Waals surface area contributed by atoms with Crippen molar-refractivity contribution in [1.29, 1.82) is 0 Å². The van der Waals surface area contributed by atoms with Crippen LogP contribution < -0.4 is 0 Å². The van der Waals surface area contributed by atoms with Crippen LogP contribution in [-0.2, 0) is 4.79 Å². The number of allylic oxidation sites excluding steroid dienone is 1. The lowest BCUT2D eigenvalue weighted by Crippen LogP contribution is -2.42. The van der Waals surface area contributed by atoms with Crippen molar-refractivity contribution in [2.75, 3.05) is 0 Å². The number of aliphatic hydroxyl groups excluding tert-OH is 1. The number of aliphatic hydroxyl groups is 2. The molecule has 4 heteroatoms. The third-order valence-corrected chi connectivity index (χ3v) is 3.23. The monoisotopic (exact) mass is 212 g/mol. The Hall–Kier alpha value is -1.29. The number of hydrogen-bond acceptors (Lipinski definition) is 3. The van der Waals surface area contributed by atoms with E-state index >= 15 is 0 Å². The number of carboxylic acids is 1. The third-order valence-electron chi connectivity index (χ3n) is 3.23. The first-order valence-electron chi connectivity index (χ1n) is 4.81. The van der Waals surface area contributed by atoms with E-state index < -0.39 is 17.5 Å². The Morgan fingerprint density at radius 3 is 2.53 bits per heavy atom. The van der Waals surface area contributed by atoms with Crippen LogP contribution in [0.25, 0.3) is 0 Å². The molecule has 0 radical (unpaired) electrons. The minimum Gasteiger partial charge on any atom is -0.508 e. The molecule has 15 heavy (non-hydrogen) atoms. The maximum Gasteiger partial charge on any atom is 0.306 e. The van der Waals surface area contributed by atoms with Gasteiger partial charge in [-0.3, -0.25) is 4.79 Å². The van der Waals surface area contributed by atoms with Crippen molar-refractivity contribution in [3.63, 3.8) is 0 Å². The Kier molecular flexibility index (Phi) is 2.90. The summed E-state index contributed by atoms with van der Waals surface area (Å²) in [5.41, 5.74) is -0.285. The molecule has 0 bridgehead atoms. The van der Waals surface area contributed by atoms with Crippen LogP contribution in [0.5, 0.6) is 0 Å². The van der Waals surface area contributed by atoms with E-state index in [-0.39, 0.29) is 12.2 Å². The van der Waals surface area contributed by atoms with Crippen LogP contribution in [0.1, 0.15) is 27.2 Å². The second kappa shape index (κ2) is 3.70. The lowest BCUT2D eigenvalue weighted by atomic mass is 9.73. The number of carbonyl (C=O) groups is 1. The van der Waals surface area contributed by atoms with Crippen molar-refractivity contribution in [3.05, 3.63) is 23.0 Å². The maximum absolute atomic E-state index is 10.7. The normalized spacial score (nSPS) is 31.5. The quantitative estimate of drug-likeness (QED) is 0.650. The van der Waals surface area contributed by atoms with Gasteiger partial charge in [-0.05, 0) is 31.1 Å². The molecule has 0 aromatic carbocycles. The lowest BCUT2D eigenvalue weighted by molar-refractivity contribution is -0.142. The molecule has 1 rings (SSSR count). The number of hydrogen-bond donors (Lipinski definition) is 3. The fourth-order valence-corrected chi connectivity index (χ4v) is 1.89. The number of rotatable bonds is 2. The first-order valence-corrected chi connectivity index (χ1v) is 4.81. The zero-order chi connectivity index (χ0) is 11.8. The zero-order valence-corrected chi connectivity index (χ0v) is 9.11. The molecule has 0 amide bonds. The fourth-order valence-electron chi connectivity index (χ4n) is 1.89.